The zero-order chi connectivity index (χ0) is 10.6. The molecule has 3 nitrogen and oxygen atoms in total. The Morgan fingerprint density at radius 1 is 1.43 bits per heavy atom. The van der Waals surface area contributed by atoms with Gasteiger partial charge in [0.25, 0.3) is 0 Å². The van der Waals surface area contributed by atoms with E-state index in [-0.39, 0.29) is 0 Å². The molecule has 1 rings (SSSR count). The lowest BCUT2D eigenvalue weighted by molar-refractivity contribution is 0.0568. The van der Waals surface area contributed by atoms with Crippen molar-refractivity contribution >= 4 is 0 Å². The Bertz CT molecular complexity index is 161. The zero-order valence-electron chi connectivity index (χ0n) is 9.87. The second-order valence-electron chi connectivity index (χ2n) is 4.49. The van der Waals surface area contributed by atoms with Gasteiger partial charge in [0.2, 0.25) is 0 Å². The lowest BCUT2D eigenvalue weighted by atomic mass is 10.0. The van der Waals surface area contributed by atoms with Gasteiger partial charge in [0, 0.05) is 31.7 Å². The standard InChI is InChI=1S/C11H25N3/c1-4-11(5-6-12)14-8-7-13(3)9-10(14)2/h10-11H,4-9,12H2,1-3H3. The average Bonchev–Trinajstić information content (AvgIpc) is 2.15. The van der Waals surface area contributed by atoms with Crippen LogP contribution in [0.15, 0.2) is 0 Å². The molecule has 0 amide bonds. The molecule has 0 aromatic carbocycles. The Balaban J connectivity index is 2.48. The summed E-state index contributed by atoms with van der Waals surface area (Å²) in [6, 6.07) is 1.38. The number of nitrogens with two attached hydrogens (primary N) is 1. The molecule has 0 spiro atoms. The van der Waals surface area contributed by atoms with E-state index in [0.29, 0.717) is 12.1 Å². The highest BCUT2D eigenvalue weighted by molar-refractivity contribution is 4.82. The molecule has 0 radical (unpaired) electrons. The molecule has 84 valence electrons. The van der Waals surface area contributed by atoms with Crippen LogP contribution in [0.1, 0.15) is 26.7 Å². The Morgan fingerprint density at radius 2 is 2.14 bits per heavy atom. The first kappa shape index (κ1) is 12.0. The summed E-state index contributed by atoms with van der Waals surface area (Å²) in [6.07, 6.45) is 2.37. The van der Waals surface area contributed by atoms with Crippen molar-refractivity contribution in [3.05, 3.63) is 0 Å². The minimum absolute atomic E-state index is 0.685. The molecule has 1 heterocycles. The second-order valence-corrected chi connectivity index (χ2v) is 4.49. The lowest BCUT2D eigenvalue weighted by Crippen LogP contribution is -2.54. The van der Waals surface area contributed by atoms with Gasteiger partial charge in [-0.3, -0.25) is 4.90 Å². The highest BCUT2D eigenvalue weighted by Crippen LogP contribution is 2.16. The van der Waals surface area contributed by atoms with Crippen LogP contribution in [0, 0.1) is 0 Å². The van der Waals surface area contributed by atoms with E-state index in [1.165, 1.54) is 26.1 Å². The average molecular weight is 199 g/mol. The van der Waals surface area contributed by atoms with Gasteiger partial charge >= 0.3 is 0 Å². The summed E-state index contributed by atoms with van der Waals surface area (Å²) in [5, 5.41) is 0. The molecule has 2 atom stereocenters. The van der Waals surface area contributed by atoms with Crippen LogP contribution >= 0.6 is 0 Å². The number of nitrogens with zero attached hydrogens (tertiary/aromatic N) is 2. The fourth-order valence-electron chi connectivity index (χ4n) is 2.49. The Kier molecular flexibility index (Phi) is 4.85. The molecule has 0 saturated carbocycles. The smallest absolute Gasteiger partial charge is 0.0198 e. The first-order valence-corrected chi connectivity index (χ1v) is 5.83. The maximum atomic E-state index is 5.65. The van der Waals surface area contributed by atoms with Crippen molar-refractivity contribution in [2.75, 3.05) is 33.2 Å². The van der Waals surface area contributed by atoms with Gasteiger partial charge < -0.3 is 10.6 Å². The predicted octanol–water partition coefficient (Wildman–Crippen LogP) is 0.750. The Labute approximate surface area is 88.2 Å². The van der Waals surface area contributed by atoms with Crippen LogP contribution in [0.5, 0.6) is 0 Å². The summed E-state index contributed by atoms with van der Waals surface area (Å²) in [5.74, 6) is 0. The molecule has 1 saturated heterocycles. The van der Waals surface area contributed by atoms with Crippen LogP contribution in [0.25, 0.3) is 0 Å². The third-order valence-electron chi connectivity index (χ3n) is 3.32. The second kappa shape index (κ2) is 5.69. The molecule has 0 aromatic rings. The normalized spacial score (nSPS) is 27.9. The van der Waals surface area contributed by atoms with Gasteiger partial charge in [-0.15, -0.1) is 0 Å². The van der Waals surface area contributed by atoms with Gasteiger partial charge in [-0.25, -0.2) is 0 Å². The van der Waals surface area contributed by atoms with Crippen molar-refractivity contribution in [1.82, 2.24) is 9.80 Å². The molecular formula is C11H25N3. The summed E-state index contributed by atoms with van der Waals surface area (Å²) in [6.45, 7) is 9.01. The van der Waals surface area contributed by atoms with E-state index in [4.69, 9.17) is 5.73 Å². The number of hydrogen-bond acceptors (Lipinski definition) is 3. The third kappa shape index (κ3) is 2.94. The minimum Gasteiger partial charge on any atom is -0.330 e. The summed E-state index contributed by atoms with van der Waals surface area (Å²) in [5.41, 5.74) is 5.65. The molecule has 1 fully saturated rings. The molecular weight excluding hydrogens is 174 g/mol. The van der Waals surface area contributed by atoms with Gasteiger partial charge in [0.1, 0.15) is 0 Å². The van der Waals surface area contributed by atoms with E-state index in [1.54, 1.807) is 0 Å². The predicted molar refractivity (Wildman–Crippen MR) is 61.4 cm³/mol. The molecule has 2 N–H and O–H groups in total. The fraction of sp³-hybridized carbons (Fsp3) is 1.00. The van der Waals surface area contributed by atoms with Crippen LogP contribution < -0.4 is 5.73 Å². The van der Waals surface area contributed by atoms with Crippen molar-refractivity contribution in [2.45, 2.75) is 38.8 Å². The topological polar surface area (TPSA) is 32.5 Å². The van der Waals surface area contributed by atoms with Gasteiger partial charge in [-0.05, 0) is 33.4 Å². The summed E-state index contributed by atoms with van der Waals surface area (Å²) >= 11 is 0. The van der Waals surface area contributed by atoms with Crippen LogP contribution in [0.4, 0.5) is 0 Å². The summed E-state index contributed by atoms with van der Waals surface area (Å²) in [4.78, 5) is 5.04. The molecule has 0 bridgehead atoms. The van der Waals surface area contributed by atoms with Crippen LogP contribution in [-0.4, -0.2) is 55.1 Å². The van der Waals surface area contributed by atoms with E-state index in [9.17, 15) is 0 Å². The van der Waals surface area contributed by atoms with Crippen molar-refractivity contribution in [2.24, 2.45) is 5.73 Å². The maximum absolute atomic E-state index is 5.65. The zero-order valence-corrected chi connectivity index (χ0v) is 9.87. The van der Waals surface area contributed by atoms with E-state index in [0.717, 1.165) is 13.0 Å². The lowest BCUT2D eigenvalue weighted by Gasteiger charge is -2.42. The van der Waals surface area contributed by atoms with E-state index < -0.39 is 0 Å². The van der Waals surface area contributed by atoms with E-state index >= 15 is 0 Å². The summed E-state index contributed by atoms with van der Waals surface area (Å²) < 4.78 is 0. The number of piperazine rings is 1. The quantitative estimate of drug-likeness (QED) is 0.725. The van der Waals surface area contributed by atoms with Crippen LogP contribution in [-0.2, 0) is 0 Å². The minimum atomic E-state index is 0.685. The molecule has 3 heteroatoms. The highest BCUT2D eigenvalue weighted by Gasteiger charge is 2.26. The summed E-state index contributed by atoms with van der Waals surface area (Å²) in [7, 11) is 2.21. The van der Waals surface area contributed by atoms with Gasteiger partial charge in [-0.1, -0.05) is 6.92 Å². The van der Waals surface area contributed by atoms with E-state index in [1.807, 2.05) is 0 Å². The number of hydrogen-bond donors (Lipinski definition) is 1. The van der Waals surface area contributed by atoms with Crippen molar-refractivity contribution < 1.29 is 0 Å². The van der Waals surface area contributed by atoms with Crippen LogP contribution in [0.3, 0.4) is 0 Å². The SMILES string of the molecule is CCC(CCN)N1CCN(C)CC1C. The van der Waals surface area contributed by atoms with Crippen molar-refractivity contribution in [1.29, 1.82) is 0 Å². The number of rotatable bonds is 4. The number of likely N-dealkylation sites (N-methyl/N-ethyl adjacent to an activating group) is 1. The molecule has 0 aromatic heterocycles. The first-order valence-electron chi connectivity index (χ1n) is 5.83. The van der Waals surface area contributed by atoms with Crippen LogP contribution in [0.2, 0.25) is 0 Å². The first-order chi connectivity index (χ1) is 6.69. The van der Waals surface area contributed by atoms with Gasteiger partial charge in [0.15, 0.2) is 0 Å². The molecule has 14 heavy (non-hydrogen) atoms. The molecule has 1 aliphatic heterocycles. The van der Waals surface area contributed by atoms with Crippen molar-refractivity contribution in [3.8, 4) is 0 Å². The van der Waals surface area contributed by atoms with Gasteiger partial charge in [0.05, 0.1) is 0 Å². The van der Waals surface area contributed by atoms with E-state index in [2.05, 4.69) is 30.7 Å². The maximum Gasteiger partial charge on any atom is 0.0198 e. The highest BCUT2D eigenvalue weighted by atomic mass is 15.3. The Morgan fingerprint density at radius 3 is 2.64 bits per heavy atom. The molecule has 2 unspecified atom stereocenters. The third-order valence-corrected chi connectivity index (χ3v) is 3.32. The fourth-order valence-corrected chi connectivity index (χ4v) is 2.49. The monoisotopic (exact) mass is 199 g/mol. The molecule has 0 aliphatic carbocycles. The Hall–Kier alpha value is -0.120. The van der Waals surface area contributed by atoms with Gasteiger partial charge in [-0.2, -0.15) is 0 Å². The largest absolute Gasteiger partial charge is 0.330 e. The van der Waals surface area contributed by atoms with Crippen molar-refractivity contribution in [3.63, 3.8) is 0 Å². The molecule has 1 aliphatic rings.